The molecule has 0 aliphatic carbocycles. The summed E-state index contributed by atoms with van der Waals surface area (Å²) in [5.74, 6) is -0.324. The molecule has 1 aromatic heterocycles. The van der Waals surface area contributed by atoms with Gasteiger partial charge >= 0.3 is 0 Å². The number of phenols is 2. The molecule has 0 atom stereocenters. The Balaban J connectivity index is 1.87. The molecule has 3 aromatic rings. The first-order valence-electron chi connectivity index (χ1n) is 6.81. The van der Waals surface area contributed by atoms with Gasteiger partial charge in [-0.3, -0.25) is 10.4 Å². The van der Waals surface area contributed by atoms with E-state index in [1.807, 2.05) is 37.3 Å². The summed E-state index contributed by atoms with van der Waals surface area (Å²) < 4.78 is 0. The van der Waals surface area contributed by atoms with Crippen molar-refractivity contribution in [3.8, 4) is 11.5 Å². The third-order valence-corrected chi connectivity index (χ3v) is 3.24. The Kier molecular flexibility index (Phi) is 3.62. The summed E-state index contributed by atoms with van der Waals surface area (Å²) in [5.41, 5.74) is 6.34. The van der Waals surface area contributed by atoms with E-state index in [2.05, 4.69) is 15.5 Å². The zero-order valence-electron chi connectivity index (χ0n) is 12.0. The van der Waals surface area contributed by atoms with Crippen molar-refractivity contribution in [1.29, 1.82) is 0 Å². The van der Waals surface area contributed by atoms with Crippen molar-refractivity contribution in [3.63, 3.8) is 0 Å². The maximum Gasteiger partial charge on any atom is 0.158 e. The maximum absolute atomic E-state index is 9.45. The van der Waals surface area contributed by atoms with E-state index in [1.165, 1.54) is 12.1 Å². The van der Waals surface area contributed by atoms with E-state index in [-0.39, 0.29) is 11.5 Å². The average molecular weight is 293 g/mol. The number of nitrogens with zero attached hydrogens (tertiary/aromatic N) is 2. The number of hydrogen-bond donors (Lipinski definition) is 3. The molecule has 1 heterocycles. The van der Waals surface area contributed by atoms with Crippen LogP contribution >= 0.6 is 0 Å². The second-order valence-corrected chi connectivity index (χ2v) is 4.95. The molecule has 2 aromatic carbocycles. The van der Waals surface area contributed by atoms with Crippen LogP contribution in [0.25, 0.3) is 10.9 Å². The van der Waals surface area contributed by atoms with Crippen molar-refractivity contribution in [1.82, 2.24) is 4.98 Å². The van der Waals surface area contributed by atoms with Crippen molar-refractivity contribution < 1.29 is 10.2 Å². The number of aromatic hydroxyl groups is 2. The minimum absolute atomic E-state index is 0.152. The lowest BCUT2D eigenvalue weighted by Gasteiger charge is -2.06. The average Bonchev–Trinajstić information content (AvgIpc) is 2.50. The van der Waals surface area contributed by atoms with Crippen molar-refractivity contribution in [3.05, 3.63) is 59.8 Å². The van der Waals surface area contributed by atoms with Crippen LogP contribution in [0.15, 0.2) is 53.6 Å². The SMILES string of the molecule is Cc1cc(N/N=C/c2ccc(O)c(O)c2)c2ccccc2n1. The van der Waals surface area contributed by atoms with Gasteiger partial charge in [-0.1, -0.05) is 18.2 Å². The lowest BCUT2D eigenvalue weighted by molar-refractivity contribution is 0.403. The monoisotopic (exact) mass is 293 g/mol. The highest BCUT2D eigenvalue weighted by atomic mass is 16.3. The summed E-state index contributed by atoms with van der Waals surface area (Å²) in [6.07, 6.45) is 1.57. The Bertz CT molecular complexity index is 860. The fraction of sp³-hybridized carbons (Fsp3) is 0.0588. The molecule has 5 nitrogen and oxygen atoms in total. The van der Waals surface area contributed by atoms with Gasteiger partial charge in [0.1, 0.15) is 0 Å². The number of phenolic OH excluding ortho intramolecular Hbond substituents is 2. The number of hydrogen-bond acceptors (Lipinski definition) is 5. The molecule has 0 aliphatic rings. The minimum atomic E-state index is -0.172. The number of fused-ring (bicyclic) bond motifs is 1. The Morgan fingerprint density at radius 2 is 1.86 bits per heavy atom. The molecule has 0 fully saturated rings. The van der Waals surface area contributed by atoms with Crippen LogP contribution in [0.5, 0.6) is 11.5 Å². The van der Waals surface area contributed by atoms with Crippen molar-refractivity contribution in [2.75, 3.05) is 5.43 Å². The number of para-hydroxylation sites is 1. The molecule has 22 heavy (non-hydrogen) atoms. The first-order valence-corrected chi connectivity index (χ1v) is 6.81. The van der Waals surface area contributed by atoms with Gasteiger partial charge in [-0.05, 0) is 42.8 Å². The van der Waals surface area contributed by atoms with E-state index in [9.17, 15) is 10.2 Å². The van der Waals surface area contributed by atoms with Crippen LogP contribution in [0.4, 0.5) is 5.69 Å². The van der Waals surface area contributed by atoms with Crippen molar-refractivity contribution in [2.24, 2.45) is 5.10 Å². The smallest absolute Gasteiger partial charge is 0.158 e. The van der Waals surface area contributed by atoms with Crippen LogP contribution in [0.1, 0.15) is 11.3 Å². The zero-order chi connectivity index (χ0) is 15.5. The van der Waals surface area contributed by atoms with E-state index in [4.69, 9.17) is 0 Å². The highest BCUT2D eigenvalue weighted by Crippen LogP contribution is 2.25. The normalized spacial score (nSPS) is 11.1. The van der Waals surface area contributed by atoms with Crippen LogP contribution in [-0.2, 0) is 0 Å². The Labute approximate surface area is 127 Å². The van der Waals surface area contributed by atoms with E-state index >= 15 is 0 Å². The molecule has 110 valence electrons. The molecule has 0 saturated heterocycles. The zero-order valence-corrected chi connectivity index (χ0v) is 12.0. The largest absolute Gasteiger partial charge is 0.504 e. The van der Waals surface area contributed by atoms with Gasteiger partial charge in [-0.15, -0.1) is 0 Å². The summed E-state index contributed by atoms with van der Waals surface area (Å²) in [4.78, 5) is 4.47. The molecule has 5 heteroatoms. The summed E-state index contributed by atoms with van der Waals surface area (Å²) in [5, 5.41) is 23.9. The lowest BCUT2D eigenvalue weighted by atomic mass is 10.1. The number of aromatic nitrogens is 1. The fourth-order valence-corrected chi connectivity index (χ4v) is 2.20. The molecule has 0 unspecified atom stereocenters. The summed E-state index contributed by atoms with van der Waals surface area (Å²) >= 11 is 0. The standard InChI is InChI=1S/C17H15N3O2/c1-11-8-15(13-4-2-3-5-14(13)19-11)20-18-10-12-6-7-16(21)17(22)9-12/h2-10,21-22H,1H3,(H,19,20)/b18-10+. The van der Waals surface area contributed by atoms with Crippen LogP contribution in [0.3, 0.4) is 0 Å². The molecular weight excluding hydrogens is 278 g/mol. The van der Waals surface area contributed by atoms with E-state index in [0.29, 0.717) is 5.56 Å². The third kappa shape index (κ3) is 2.83. The number of nitrogens with one attached hydrogen (secondary N) is 1. The Hall–Kier alpha value is -3.08. The highest BCUT2D eigenvalue weighted by Gasteiger charge is 2.02. The van der Waals surface area contributed by atoms with Crippen LogP contribution < -0.4 is 5.43 Å². The molecule has 0 saturated carbocycles. The Morgan fingerprint density at radius 1 is 1.05 bits per heavy atom. The second kappa shape index (κ2) is 5.73. The number of anilines is 1. The van der Waals surface area contributed by atoms with E-state index < -0.39 is 0 Å². The number of hydrazone groups is 1. The van der Waals surface area contributed by atoms with Gasteiger partial charge in [0.2, 0.25) is 0 Å². The number of pyridine rings is 1. The fourth-order valence-electron chi connectivity index (χ4n) is 2.20. The molecule has 0 spiro atoms. The summed E-state index contributed by atoms with van der Waals surface area (Å²) in [6.45, 7) is 1.93. The summed E-state index contributed by atoms with van der Waals surface area (Å²) in [7, 11) is 0. The van der Waals surface area contributed by atoms with Crippen LogP contribution in [0.2, 0.25) is 0 Å². The number of rotatable bonds is 3. The predicted octanol–water partition coefficient (Wildman–Crippen LogP) is 3.40. The van der Waals surface area contributed by atoms with Gasteiger partial charge in [0, 0.05) is 11.1 Å². The molecule has 0 amide bonds. The molecule has 3 rings (SSSR count). The molecule has 0 aliphatic heterocycles. The predicted molar refractivity (Wildman–Crippen MR) is 87.5 cm³/mol. The van der Waals surface area contributed by atoms with E-state index in [0.717, 1.165) is 22.3 Å². The molecule has 3 N–H and O–H groups in total. The van der Waals surface area contributed by atoms with Crippen molar-refractivity contribution >= 4 is 22.8 Å². The first kappa shape index (κ1) is 13.9. The number of benzene rings is 2. The van der Waals surface area contributed by atoms with Gasteiger partial charge in [0.25, 0.3) is 0 Å². The van der Waals surface area contributed by atoms with Gasteiger partial charge in [-0.2, -0.15) is 5.10 Å². The quantitative estimate of drug-likeness (QED) is 0.393. The maximum atomic E-state index is 9.45. The van der Waals surface area contributed by atoms with E-state index in [1.54, 1.807) is 12.3 Å². The van der Waals surface area contributed by atoms with Gasteiger partial charge in [-0.25, -0.2) is 0 Å². The van der Waals surface area contributed by atoms with Crippen LogP contribution in [-0.4, -0.2) is 21.4 Å². The van der Waals surface area contributed by atoms with Gasteiger partial charge < -0.3 is 10.2 Å². The minimum Gasteiger partial charge on any atom is -0.504 e. The Morgan fingerprint density at radius 3 is 2.68 bits per heavy atom. The molecular formula is C17H15N3O2. The van der Waals surface area contributed by atoms with Crippen LogP contribution in [0, 0.1) is 6.92 Å². The number of aryl methyl sites for hydroxylation is 1. The second-order valence-electron chi connectivity index (χ2n) is 4.95. The topological polar surface area (TPSA) is 77.7 Å². The van der Waals surface area contributed by atoms with Crippen molar-refractivity contribution in [2.45, 2.75) is 6.92 Å². The molecule has 0 radical (unpaired) electrons. The third-order valence-electron chi connectivity index (χ3n) is 3.24. The summed E-state index contributed by atoms with van der Waals surface area (Å²) in [6, 6.07) is 14.3. The lowest BCUT2D eigenvalue weighted by Crippen LogP contribution is -1.94. The molecule has 0 bridgehead atoms. The van der Waals surface area contributed by atoms with Gasteiger partial charge in [0.15, 0.2) is 11.5 Å². The first-order chi connectivity index (χ1) is 10.6. The highest BCUT2D eigenvalue weighted by molar-refractivity contribution is 5.92. The van der Waals surface area contributed by atoms with Gasteiger partial charge in [0.05, 0.1) is 17.4 Å².